The molecule has 2 amide bonds. The van der Waals surface area contributed by atoms with Crippen LogP contribution in [0.5, 0.6) is 0 Å². The Morgan fingerprint density at radius 3 is 1.95 bits per heavy atom. The molecular weight excluding hydrogens is 488 g/mol. The van der Waals surface area contributed by atoms with Gasteiger partial charge in [0.05, 0.1) is 13.0 Å². The standard InChI is InChI=1S/C33H38N2O4/c1-39-33(38)28(24-26-15-7-3-8-16-26)21-20-27(23-25-13-5-2-6-14-25)31(36)34-30-19-11-12-22-35(32(30)37)29-17-9-4-10-18-29/h2-10,13-18,27-28,30H,11-12,19-24H2,1H3,(H,34,36)/t27-,28-,30-/m1/s1. The molecule has 1 aliphatic heterocycles. The van der Waals surface area contributed by atoms with Gasteiger partial charge in [0.2, 0.25) is 11.8 Å². The molecule has 0 bridgehead atoms. The fourth-order valence-corrected chi connectivity index (χ4v) is 5.32. The number of carbonyl (C=O) groups excluding carboxylic acids is 3. The Hall–Kier alpha value is -3.93. The van der Waals surface area contributed by atoms with Gasteiger partial charge >= 0.3 is 5.97 Å². The zero-order valence-corrected chi connectivity index (χ0v) is 22.6. The molecule has 1 N–H and O–H groups in total. The maximum Gasteiger partial charge on any atom is 0.308 e. The summed E-state index contributed by atoms with van der Waals surface area (Å²) in [6.45, 7) is 0.642. The van der Waals surface area contributed by atoms with Gasteiger partial charge in [0.15, 0.2) is 0 Å². The number of amides is 2. The van der Waals surface area contributed by atoms with Gasteiger partial charge in [0.1, 0.15) is 6.04 Å². The van der Waals surface area contributed by atoms with Crippen LogP contribution in [0.15, 0.2) is 91.0 Å². The van der Waals surface area contributed by atoms with Crippen molar-refractivity contribution in [1.29, 1.82) is 0 Å². The second-order valence-corrected chi connectivity index (χ2v) is 10.3. The van der Waals surface area contributed by atoms with Crippen LogP contribution in [0.3, 0.4) is 0 Å². The Labute approximate surface area is 231 Å². The summed E-state index contributed by atoms with van der Waals surface area (Å²) in [6.07, 6.45) is 4.49. The Morgan fingerprint density at radius 2 is 1.36 bits per heavy atom. The zero-order chi connectivity index (χ0) is 27.5. The molecule has 6 nitrogen and oxygen atoms in total. The number of hydrogen-bond donors (Lipinski definition) is 1. The highest BCUT2D eigenvalue weighted by molar-refractivity contribution is 5.99. The van der Waals surface area contributed by atoms with E-state index in [1.165, 1.54) is 7.11 Å². The molecule has 1 heterocycles. The van der Waals surface area contributed by atoms with Gasteiger partial charge in [-0.05, 0) is 68.2 Å². The first-order chi connectivity index (χ1) is 19.0. The molecule has 0 radical (unpaired) electrons. The van der Waals surface area contributed by atoms with E-state index < -0.39 is 6.04 Å². The van der Waals surface area contributed by atoms with Crippen molar-refractivity contribution < 1.29 is 19.1 Å². The quantitative estimate of drug-likeness (QED) is 0.342. The van der Waals surface area contributed by atoms with Crippen molar-refractivity contribution in [3.05, 3.63) is 102 Å². The lowest BCUT2D eigenvalue weighted by atomic mass is 9.87. The van der Waals surface area contributed by atoms with Crippen LogP contribution in [-0.4, -0.2) is 37.5 Å². The van der Waals surface area contributed by atoms with Gasteiger partial charge in [-0.15, -0.1) is 0 Å². The summed E-state index contributed by atoms with van der Waals surface area (Å²) in [6, 6.07) is 28.8. The van der Waals surface area contributed by atoms with Gasteiger partial charge in [0, 0.05) is 18.2 Å². The zero-order valence-electron chi connectivity index (χ0n) is 22.6. The third kappa shape index (κ3) is 8.03. The molecule has 3 aromatic rings. The summed E-state index contributed by atoms with van der Waals surface area (Å²) in [5.41, 5.74) is 2.96. The Balaban J connectivity index is 1.49. The maximum atomic E-state index is 13.7. The highest BCUT2D eigenvalue weighted by atomic mass is 16.5. The fraction of sp³-hybridized carbons (Fsp3) is 0.364. The molecule has 6 heteroatoms. The molecule has 1 aliphatic rings. The number of ether oxygens (including phenoxy) is 1. The lowest BCUT2D eigenvalue weighted by molar-refractivity contribution is -0.146. The van der Waals surface area contributed by atoms with Crippen LogP contribution >= 0.6 is 0 Å². The van der Waals surface area contributed by atoms with Crippen LogP contribution in [0, 0.1) is 11.8 Å². The number of benzene rings is 3. The van der Waals surface area contributed by atoms with E-state index >= 15 is 0 Å². The van der Waals surface area contributed by atoms with Crippen molar-refractivity contribution in [1.82, 2.24) is 5.32 Å². The number of para-hydroxylation sites is 1. The summed E-state index contributed by atoms with van der Waals surface area (Å²) in [5, 5.41) is 3.10. The van der Waals surface area contributed by atoms with Crippen molar-refractivity contribution in [2.75, 3.05) is 18.6 Å². The van der Waals surface area contributed by atoms with Gasteiger partial charge in [-0.3, -0.25) is 14.4 Å². The molecule has 0 spiro atoms. The van der Waals surface area contributed by atoms with Gasteiger partial charge in [-0.2, -0.15) is 0 Å². The minimum absolute atomic E-state index is 0.0676. The number of methoxy groups -OCH3 is 1. The fourth-order valence-electron chi connectivity index (χ4n) is 5.32. The van der Waals surface area contributed by atoms with Crippen LogP contribution in [0.25, 0.3) is 0 Å². The molecule has 1 fully saturated rings. The second kappa shape index (κ2) is 14.3. The molecule has 3 atom stereocenters. The van der Waals surface area contributed by atoms with E-state index in [9.17, 15) is 14.4 Å². The van der Waals surface area contributed by atoms with Crippen LogP contribution in [0.4, 0.5) is 5.69 Å². The third-order valence-electron chi connectivity index (χ3n) is 7.49. The normalized spacial score (nSPS) is 17.1. The van der Waals surface area contributed by atoms with E-state index in [2.05, 4.69) is 5.32 Å². The smallest absolute Gasteiger partial charge is 0.308 e. The predicted molar refractivity (Wildman–Crippen MR) is 153 cm³/mol. The van der Waals surface area contributed by atoms with Crippen molar-refractivity contribution in [2.45, 2.75) is 51.0 Å². The van der Waals surface area contributed by atoms with Crippen molar-refractivity contribution in [3.8, 4) is 0 Å². The summed E-state index contributed by atoms with van der Waals surface area (Å²) >= 11 is 0. The minimum atomic E-state index is -0.570. The first kappa shape index (κ1) is 28.1. The Bertz CT molecular complexity index is 1200. The number of rotatable bonds is 11. The summed E-state index contributed by atoms with van der Waals surface area (Å²) in [5.74, 6) is -1.21. The topological polar surface area (TPSA) is 75.7 Å². The Morgan fingerprint density at radius 1 is 0.821 bits per heavy atom. The molecule has 1 saturated heterocycles. The van der Waals surface area contributed by atoms with E-state index in [4.69, 9.17) is 4.74 Å². The SMILES string of the molecule is COC(=O)[C@H](CC[C@H](Cc1ccccc1)C(=O)N[C@@H]1CCCCN(c2ccccc2)C1=O)Cc1ccccc1. The number of anilines is 1. The lowest BCUT2D eigenvalue weighted by Gasteiger charge is -2.27. The van der Waals surface area contributed by atoms with E-state index in [0.717, 1.165) is 29.7 Å². The van der Waals surface area contributed by atoms with Crippen LogP contribution in [0.1, 0.15) is 43.2 Å². The average molecular weight is 527 g/mol. The maximum absolute atomic E-state index is 13.7. The van der Waals surface area contributed by atoms with E-state index in [0.29, 0.717) is 38.6 Å². The summed E-state index contributed by atoms with van der Waals surface area (Å²) < 4.78 is 5.11. The third-order valence-corrected chi connectivity index (χ3v) is 7.49. The summed E-state index contributed by atoms with van der Waals surface area (Å²) in [7, 11) is 1.41. The van der Waals surface area contributed by atoms with Crippen molar-refractivity contribution >= 4 is 23.5 Å². The molecule has 0 unspecified atom stereocenters. The lowest BCUT2D eigenvalue weighted by Crippen LogP contribution is -2.49. The molecule has 0 aromatic heterocycles. The van der Waals surface area contributed by atoms with Gasteiger partial charge in [-0.25, -0.2) is 0 Å². The minimum Gasteiger partial charge on any atom is -0.469 e. The molecule has 204 valence electrons. The van der Waals surface area contributed by atoms with E-state index in [1.54, 1.807) is 4.90 Å². The Kier molecular flexibility index (Phi) is 10.3. The number of nitrogens with one attached hydrogen (secondary N) is 1. The first-order valence-corrected chi connectivity index (χ1v) is 13.9. The molecule has 3 aromatic carbocycles. The molecule has 4 rings (SSSR count). The number of hydrogen-bond acceptors (Lipinski definition) is 4. The monoisotopic (exact) mass is 526 g/mol. The van der Waals surface area contributed by atoms with Gasteiger partial charge in [-0.1, -0.05) is 78.9 Å². The predicted octanol–water partition coefficient (Wildman–Crippen LogP) is 5.36. The van der Waals surface area contributed by atoms with Crippen molar-refractivity contribution in [2.24, 2.45) is 11.8 Å². The number of esters is 1. The molecule has 0 saturated carbocycles. The van der Waals surface area contributed by atoms with Crippen LogP contribution in [-0.2, 0) is 32.0 Å². The first-order valence-electron chi connectivity index (χ1n) is 13.9. The summed E-state index contributed by atoms with van der Waals surface area (Å²) in [4.78, 5) is 41.7. The van der Waals surface area contributed by atoms with Crippen molar-refractivity contribution in [3.63, 3.8) is 0 Å². The second-order valence-electron chi connectivity index (χ2n) is 10.3. The number of carbonyl (C=O) groups is 3. The largest absolute Gasteiger partial charge is 0.469 e. The highest BCUT2D eigenvalue weighted by Gasteiger charge is 2.32. The average Bonchev–Trinajstić information content (AvgIpc) is 3.16. The highest BCUT2D eigenvalue weighted by Crippen LogP contribution is 2.24. The van der Waals surface area contributed by atoms with Gasteiger partial charge < -0.3 is 15.0 Å². The van der Waals surface area contributed by atoms with Crippen LogP contribution < -0.4 is 10.2 Å². The van der Waals surface area contributed by atoms with Crippen LogP contribution in [0.2, 0.25) is 0 Å². The van der Waals surface area contributed by atoms with E-state index in [-0.39, 0.29) is 29.6 Å². The number of nitrogens with zero attached hydrogens (tertiary/aromatic N) is 1. The molecule has 0 aliphatic carbocycles. The molecular formula is C33H38N2O4. The van der Waals surface area contributed by atoms with Gasteiger partial charge in [0.25, 0.3) is 0 Å². The molecule has 39 heavy (non-hydrogen) atoms. The van der Waals surface area contributed by atoms with E-state index in [1.807, 2.05) is 91.0 Å².